The topological polar surface area (TPSA) is 54.5 Å². The number of ether oxygens (including phenoxy) is 1. The number of nitrogens with one attached hydrogen (secondary N) is 1. The lowest BCUT2D eigenvalue weighted by Gasteiger charge is -2.19. The molecular formula is C14H23N3O2S. The van der Waals surface area contributed by atoms with E-state index >= 15 is 0 Å². The molecule has 112 valence electrons. The smallest absolute Gasteiger partial charge is 0.263 e. The Bertz CT molecular complexity index is 461. The number of aryl methyl sites for hydroxylation is 2. The zero-order valence-corrected chi connectivity index (χ0v) is 13.3. The second-order valence-electron chi connectivity index (χ2n) is 5.28. The molecule has 0 spiro atoms. The predicted molar refractivity (Wildman–Crippen MR) is 80.4 cm³/mol. The summed E-state index contributed by atoms with van der Waals surface area (Å²) in [4.78, 5) is 19.7. The minimum Gasteiger partial charge on any atom is -0.380 e. The van der Waals surface area contributed by atoms with Gasteiger partial charge < -0.3 is 15.0 Å². The molecule has 1 aliphatic rings. The van der Waals surface area contributed by atoms with Crippen molar-refractivity contribution in [2.75, 3.05) is 39.9 Å². The molecule has 0 aliphatic carbocycles. The minimum atomic E-state index is -0.000602. The maximum absolute atomic E-state index is 12.3. The van der Waals surface area contributed by atoms with E-state index < -0.39 is 0 Å². The highest BCUT2D eigenvalue weighted by molar-refractivity contribution is 7.13. The van der Waals surface area contributed by atoms with Crippen LogP contribution in [0, 0.1) is 12.8 Å². The Morgan fingerprint density at radius 1 is 1.60 bits per heavy atom. The Morgan fingerprint density at radius 2 is 2.40 bits per heavy atom. The van der Waals surface area contributed by atoms with Crippen LogP contribution >= 0.6 is 11.3 Å². The molecule has 0 unspecified atom stereocenters. The van der Waals surface area contributed by atoms with Gasteiger partial charge in [0, 0.05) is 25.6 Å². The van der Waals surface area contributed by atoms with Crippen molar-refractivity contribution in [2.24, 2.45) is 5.92 Å². The van der Waals surface area contributed by atoms with Gasteiger partial charge in [0.1, 0.15) is 4.88 Å². The van der Waals surface area contributed by atoms with Gasteiger partial charge in [-0.25, -0.2) is 4.98 Å². The van der Waals surface area contributed by atoms with Crippen molar-refractivity contribution in [1.82, 2.24) is 15.2 Å². The van der Waals surface area contributed by atoms with Gasteiger partial charge in [-0.3, -0.25) is 4.79 Å². The van der Waals surface area contributed by atoms with Crippen LogP contribution < -0.4 is 5.32 Å². The van der Waals surface area contributed by atoms with Gasteiger partial charge in [0.25, 0.3) is 5.91 Å². The van der Waals surface area contributed by atoms with E-state index in [0.29, 0.717) is 19.1 Å². The molecular weight excluding hydrogens is 274 g/mol. The molecule has 2 rings (SSSR count). The van der Waals surface area contributed by atoms with Crippen LogP contribution in [0.3, 0.4) is 0 Å². The molecule has 1 fully saturated rings. The molecule has 1 aliphatic heterocycles. The number of hydrogen-bond donors (Lipinski definition) is 1. The fraction of sp³-hybridized carbons (Fsp3) is 0.714. The van der Waals surface area contributed by atoms with E-state index in [0.717, 1.165) is 41.7 Å². The first-order chi connectivity index (χ1) is 9.60. The highest BCUT2D eigenvalue weighted by Crippen LogP contribution is 2.18. The molecule has 1 aromatic heterocycles. The summed E-state index contributed by atoms with van der Waals surface area (Å²) in [5.74, 6) is 0.352. The summed E-state index contributed by atoms with van der Waals surface area (Å²) in [6.07, 6.45) is 0.794. The zero-order valence-electron chi connectivity index (χ0n) is 12.4. The van der Waals surface area contributed by atoms with E-state index in [1.807, 2.05) is 13.8 Å². The number of amides is 1. The van der Waals surface area contributed by atoms with Crippen LogP contribution in [0.2, 0.25) is 0 Å². The van der Waals surface area contributed by atoms with E-state index in [2.05, 4.69) is 22.2 Å². The average Bonchev–Trinajstić information content (AvgIpc) is 2.68. The molecule has 20 heavy (non-hydrogen) atoms. The highest BCUT2D eigenvalue weighted by atomic mass is 32.1. The quantitative estimate of drug-likeness (QED) is 0.911. The summed E-state index contributed by atoms with van der Waals surface area (Å²) in [7, 11) is 2.09. The number of carbonyl (C=O) groups is 1. The Balaban J connectivity index is 1.91. The molecule has 0 aromatic carbocycles. The lowest BCUT2D eigenvalue weighted by Crippen LogP contribution is -2.35. The first kappa shape index (κ1) is 15.4. The maximum atomic E-state index is 12.3. The largest absolute Gasteiger partial charge is 0.380 e. The molecule has 0 bridgehead atoms. The van der Waals surface area contributed by atoms with Crippen LogP contribution in [-0.2, 0) is 11.2 Å². The van der Waals surface area contributed by atoms with Crippen molar-refractivity contribution in [2.45, 2.75) is 20.3 Å². The van der Waals surface area contributed by atoms with Gasteiger partial charge in [0.05, 0.1) is 23.9 Å². The van der Waals surface area contributed by atoms with Gasteiger partial charge >= 0.3 is 0 Å². The molecule has 1 N–H and O–H groups in total. The standard InChI is InChI=1S/C14H23N3O2S/c1-4-12-13(20-10(2)16-12)14(18)15-7-11-8-17(3)5-6-19-9-11/h11H,4-9H2,1-3H3,(H,15,18)/t11-/m0/s1. The summed E-state index contributed by atoms with van der Waals surface area (Å²) in [6, 6.07) is 0. The zero-order chi connectivity index (χ0) is 14.5. The third kappa shape index (κ3) is 4.01. The van der Waals surface area contributed by atoms with E-state index in [9.17, 15) is 4.79 Å². The van der Waals surface area contributed by atoms with Crippen LogP contribution in [-0.4, -0.2) is 55.7 Å². The normalized spacial score (nSPS) is 20.6. The summed E-state index contributed by atoms with van der Waals surface area (Å²) in [6.45, 7) is 8.03. The monoisotopic (exact) mass is 297 g/mol. The molecule has 1 amide bonds. The third-order valence-electron chi connectivity index (χ3n) is 3.44. The van der Waals surface area contributed by atoms with E-state index in [1.54, 1.807) is 0 Å². The summed E-state index contributed by atoms with van der Waals surface area (Å²) < 4.78 is 5.56. The first-order valence-electron chi connectivity index (χ1n) is 7.11. The fourth-order valence-electron chi connectivity index (χ4n) is 2.38. The van der Waals surface area contributed by atoms with Gasteiger partial charge in [-0.2, -0.15) is 0 Å². The highest BCUT2D eigenvalue weighted by Gasteiger charge is 2.19. The van der Waals surface area contributed by atoms with Crippen molar-refractivity contribution < 1.29 is 9.53 Å². The molecule has 5 nitrogen and oxygen atoms in total. The molecule has 1 atom stereocenters. The molecule has 6 heteroatoms. The van der Waals surface area contributed by atoms with Crippen LogP contribution in [0.25, 0.3) is 0 Å². The van der Waals surface area contributed by atoms with Crippen molar-refractivity contribution >= 4 is 17.2 Å². The van der Waals surface area contributed by atoms with Crippen LogP contribution in [0.5, 0.6) is 0 Å². The second-order valence-corrected chi connectivity index (χ2v) is 6.48. The number of aromatic nitrogens is 1. The van der Waals surface area contributed by atoms with Gasteiger partial charge in [0.15, 0.2) is 0 Å². The van der Waals surface area contributed by atoms with Crippen molar-refractivity contribution in [3.63, 3.8) is 0 Å². The number of rotatable bonds is 4. The van der Waals surface area contributed by atoms with E-state index in [-0.39, 0.29) is 5.91 Å². The molecule has 2 heterocycles. The first-order valence-corrected chi connectivity index (χ1v) is 7.92. The molecule has 0 saturated carbocycles. The number of carbonyl (C=O) groups excluding carboxylic acids is 1. The maximum Gasteiger partial charge on any atom is 0.263 e. The molecule has 1 saturated heterocycles. The van der Waals surface area contributed by atoms with Gasteiger partial charge in [-0.15, -0.1) is 11.3 Å². The summed E-state index contributed by atoms with van der Waals surface area (Å²) in [5.41, 5.74) is 0.902. The van der Waals surface area contributed by atoms with E-state index in [4.69, 9.17) is 4.74 Å². The predicted octanol–water partition coefficient (Wildman–Crippen LogP) is 1.32. The lowest BCUT2D eigenvalue weighted by atomic mass is 10.1. The second kappa shape index (κ2) is 7.15. The van der Waals surface area contributed by atoms with E-state index in [1.165, 1.54) is 11.3 Å². The van der Waals surface area contributed by atoms with Crippen LogP contribution in [0.4, 0.5) is 0 Å². The minimum absolute atomic E-state index is 0.000602. The van der Waals surface area contributed by atoms with Gasteiger partial charge in [-0.05, 0) is 20.4 Å². The van der Waals surface area contributed by atoms with Gasteiger partial charge in [0.2, 0.25) is 0 Å². The number of nitrogens with zero attached hydrogens (tertiary/aromatic N) is 2. The summed E-state index contributed by atoms with van der Waals surface area (Å²) >= 11 is 1.47. The lowest BCUT2D eigenvalue weighted by molar-refractivity contribution is 0.0924. The van der Waals surface area contributed by atoms with Crippen molar-refractivity contribution in [3.8, 4) is 0 Å². The molecule has 1 aromatic rings. The Labute approximate surface area is 124 Å². The number of hydrogen-bond acceptors (Lipinski definition) is 5. The van der Waals surface area contributed by atoms with Crippen LogP contribution in [0.1, 0.15) is 27.3 Å². The molecule has 0 radical (unpaired) electrons. The van der Waals surface area contributed by atoms with Crippen molar-refractivity contribution in [3.05, 3.63) is 15.6 Å². The third-order valence-corrected chi connectivity index (χ3v) is 4.45. The van der Waals surface area contributed by atoms with Crippen LogP contribution in [0.15, 0.2) is 0 Å². The Kier molecular flexibility index (Phi) is 5.51. The van der Waals surface area contributed by atoms with Crippen molar-refractivity contribution in [1.29, 1.82) is 0 Å². The Morgan fingerprint density at radius 3 is 3.15 bits per heavy atom. The van der Waals surface area contributed by atoms with Gasteiger partial charge in [-0.1, -0.05) is 6.92 Å². The average molecular weight is 297 g/mol. The SMILES string of the molecule is CCc1nc(C)sc1C(=O)NC[C@@H]1COCCN(C)C1. The fourth-order valence-corrected chi connectivity index (χ4v) is 3.31. The summed E-state index contributed by atoms with van der Waals surface area (Å²) in [5, 5.41) is 3.98. The number of likely N-dealkylation sites (N-methyl/N-ethyl adjacent to an activating group) is 1. The number of thiazole rings is 1. The Hall–Kier alpha value is -0.980.